The van der Waals surface area contributed by atoms with Crippen molar-refractivity contribution in [2.45, 2.75) is 81.5 Å². The second kappa shape index (κ2) is 9.76. The first-order valence-electron chi connectivity index (χ1n) is 11.9. The summed E-state index contributed by atoms with van der Waals surface area (Å²) in [6.07, 6.45) is 5.20. The molecule has 3 aliphatic carbocycles. The molecular weight excluding hydrogens is 449 g/mol. The molecule has 0 aromatic heterocycles. The van der Waals surface area contributed by atoms with Gasteiger partial charge in [-0.3, -0.25) is 9.59 Å². The van der Waals surface area contributed by atoms with Crippen LogP contribution < -0.4 is 20.7 Å². The number of benzene rings is 1. The average Bonchev–Trinajstić information content (AvgIpc) is 2.81. The van der Waals surface area contributed by atoms with Crippen LogP contribution in [0.1, 0.15) is 58.3 Å². The van der Waals surface area contributed by atoms with Gasteiger partial charge in [-0.15, -0.1) is 0 Å². The van der Waals surface area contributed by atoms with Crippen molar-refractivity contribution in [3.8, 4) is 5.75 Å². The van der Waals surface area contributed by atoms with E-state index in [1.807, 2.05) is 0 Å². The Morgan fingerprint density at radius 3 is 2.61 bits per heavy atom. The van der Waals surface area contributed by atoms with Crippen LogP contribution in [0.3, 0.4) is 0 Å². The third-order valence-electron chi connectivity index (χ3n) is 7.77. The van der Waals surface area contributed by atoms with E-state index in [1.54, 1.807) is 0 Å². The van der Waals surface area contributed by atoms with Crippen molar-refractivity contribution < 1.29 is 23.8 Å². The molecule has 3 saturated carbocycles. The third kappa shape index (κ3) is 5.28. The number of hydrogen-bond donors (Lipinski definition) is 4. The van der Waals surface area contributed by atoms with Crippen LogP contribution in [-0.4, -0.2) is 53.3 Å². The van der Waals surface area contributed by atoms with E-state index in [9.17, 15) is 19.1 Å². The molecule has 3 atom stereocenters. The molecule has 33 heavy (non-hydrogen) atoms. The molecule has 1 aromatic rings. The Hall–Kier alpha value is -1.90. The molecule has 1 aliphatic heterocycles. The standard InChI is InChI=1S/C24H33ClFN3O4/c1-2-15-3-6-19(27-13-15)22(32)29-23-7-9-24(10-8-23,20(30)12-23)28-21(31)14-33-16-4-5-17(25)18(26)11-16/h4-5,11,15,19-20,27,30H,2-3,6-10,12-14H2,1H3,(H,28,31)(H,29,32)/t15?,19?,20-,23?,24?/m0/s1. The number of carbonyl (C=O) groups is 2. The number of hydrogen-bond acceptors (Lipinski definition) is 5. The number of nitrogens with one attached hydrogen (secondary N) is 3. The lowest BCUT2D eigenvalue weighted by molar-refractivity contribution is -0.137. The molecule has 182 valence electrons. The Kier molecular flexibility index (Phi) is 7.17. The highest BCUT2D eigenvalue weighted by Gasteiger charge is 2.55. The van der Waals surface area contributed by atoms with Gasteiger partial charge in [0.15, 0.2) is 6.61 Å². The van der Waals surface area contributed by atoms with Crippen LogP contribution in [0.2, 0.25) is 5.02 Å². The Balaban J connectivity index is 1.29. The lowest BCUT2D eigenvalue weighted by Crippen LogP contribution is -2.71. The smallest absolute Gasteiger partial charge is 0.258 e. The number of aliphatic hydroxyl groups is 1. The summed E-state index contributed by atoms with van der Waals surface area (Å²) >= 11 is 5.66. The normalized spacial score (nSPS) is 33.4. The van der Waals surface area contributed by atoms with E-state index < -0.39 is 23.0 Å². The van der Waals surface area contributed by atoms with Gasteiger partial charge in [-0.2, -0.15) is 0 Å². The van der Waals surface area contributed by atoms with E-state index in [0.29, 0.717) is 38.0 Å². The molecular formula is C24H33ClFN3O4. The summed E-state index contributed by atoms with van der Waals surface area (Å²) in [6, 6.07) is 3.81. The predicted octanol–water partition coefficient (Wildman–Crippen LogP) is 2.68. The SMILES string of the molecule is CCC1CCC(C(=O)NC23CCC(NC(=O)COc4ccc(Cl)c(F)c4)(CC2)[C@@H](O)C3)NC1. The minimum atomic E-state index is -0.763. The second-order valence-electron chi connectivity index (χ2n) is 9.87. The predicted molar refractivity (Wildman–Crippen MR) is 123 cm³/mol. The highest BCUT2D eigenvalue weighted by atomic mass is 35.5. The molecule has 9 heteroatoms. The van der Waals surface area contributed by atoms with Crippen LogP contribution in [0.25, 0.3) is 0 Å². The largest absolute Gasteiger partial charge is 0.484 e. The van der Waals surface area contributed by atoms with Gasteiger partial charge < -0.3 is 25.8 Å². The summed E-state index contributed by atoms with van der Waals surface area (Å²) in [6.45, 7) is 2.75. The number of rotatable bonds is 7. The number of carbonyl (C=O) groups excluding carboxylic acids is 2. The summed E-state index contributed by atoms with van der Waals surface area (Å²) in [4.78, 5) is 25.4. The minimum Gasteiger partial charge on any atom is -0.484 e. The average molecular weight is 482 g/mol. The van der Waals surface area contributed by atoms with Crippen LogP contribution in [0, 0.1) is 11.7 Å². The molecule has 7 nitrogen and oxygen atoms in total. The second-order valence-corrected chi connectivity index (χ2v) is 10.3. The van der Waals surface area contributed by atoms with Crippen LogP contribution in [0.5, 0.6) is 5.75 Å². The maximum Gasteiger partial charge on any atom is 0.258 e. The summed E-state index contributed by atoms with van der Waals surface area (Å²) in [5.74, 6) is -0.139. The van der Waals surface area contributed by atoms with Crippen LogP contribution in [0.4, 0.5) is 4.39 Å². The molecule has 4 N–H and O–H groups in total. The van der Waals surface area contributed by atoms with Crippen molar-refractivity contribution in [2.24, 2.45) is 5.92 Å². The van der Waals surface area contributed by atoms with Crippen molar-refractivity contribution in [1.82, 2.24) is 16.0 Å². The maximum atomic E-state index is 13.5. The van der Waals surface area contributed by atoms with E-state index in [0.717, 1.165) is 31.9 Å². The number of aliphatic hydroxyl groups excluding tert-OH is 1. The quantitative estimate of drug-likeness (QED) is 0.480. The van der Waals surface area contributed by atoms with E-state index in [-0.39, 0.29) is 35.2 Å². The van der Waals surface area contributed by atoms with E-state index in [2.05, 4.69) is 22.9 Å². The molecule has 2 bridgehead atoms. The molecule has 2 unspecified atom stereocenters. The first kappa shape index (κ1) is 24.2. The fourth-order valence-corrected chi connectivity index (χ4v) is 5.64. The Labute approximate surface area is 198 Å². The first-order chi connectivity index (χ1) is 15.7. The van der Waals surface area contributed by atoms with Gasteiger partial charge in [-0.25, -0.2) is 4.39 Å². The topological polar surface area (TPSA) is 99.7 Å². The van der Waals surface area contributed by atoms with Gasteiger partial charge in [0, 0.05) is 11.6 Å². The number of fused-ring (bicyclic) bond motifs is 3. The molecule has 4 aliphatic rings. The number of ether oxygens (including phenoxy) is 1. The van der Waals surface area contributed by atoms with Crippen molar-refractivity contribution in [3.63, 3.8) is 0 Å². The van der Waals surface area contributed by atoms with Crippen molar-refractivity contribution in [1.29, 1.82) is 0 Å². The fraction of sp³-hybridized carbons (Fsp3) is 0.667. The summed E-state index contributed by atoms with van der Waals surface area (Å²) in [5.41, 5.74) is -1.15. The van der Waals surface area contributed by atoms with Gasteiger partial charge in [0.25, 0.3) is 5.91 Å². The first-order valence-corrected chi connectivity index (χ1v) is 12.2. The molecule has 0 radical (unpaired) electrons. The number of amides is 2. The third-order valence-corrected chi connectivity index (χ3v) is 8.08. The molecule has 1 heterocycles. The number of halogens is 2. The van der Waals surface area contributed by atoms with E-state index >= 15 is 0 Å². The lowest BCUT2D eigenvalue weighted by atomic mass is 9.59. The highest BCUT2D eigenvalue weighted by molar-refractivity contribution is 6.30. The number of piperidine rings is 1. The summed E-state index contributed by atoms with van der Waals surface area (Å²) < 4.78 is 18.9. The van der Waals surface area contributed by atoms with Gasteiger partial charge in [-0.05, 0) is 69.5 Å². The van der Waals surface area contributed by atoms with Crippen molar-refractivity contribution in [3.05, 3.63) is 29.0 Å². The Morgan fingerprint density at radius 1 is 1.24 bits per heavy atom. The Bertz CT molecular complexity index is 882. The molecule has 2 amide bonds. The lowest BCUT2D eigenvalue weighted by Gasteiger charge is -2.56. The van der Waals surface area contributed by atoms with Gasteiger partial charge in [-0.1, -0.05) is 24.9 Å². The zero-order valence-corrected chi connectivity index (χ0v) is 19.7. The summed E-state index contributed by atoms with van der Waals surface area (Å²) in [5, 5.41) is 20.5. The van der Waals surface area contributed by atoms with Crippen molar-refractivity contribution >= 4 is 23.4 Å². The minimum absolute atomic E-state index is 0.0128. The maximum absolute atomic E-state index is 13.5. The van der Waals surface area contributed by atoms with E-state index in [4.69, 9.17) is 16.3 Å². The van der Waals surface area contributed by atoms with Gasteiger partial charge in [0.1, 0.15) is 11.6 Å². The van der Waals surface area contributed by atoms with Crippen LogP contribution >= 0.6 is 11.6 Å². The highest BCUT2D eigenvalue weighted by Crippen LogP contribution is 2.47. The monoisotopic (exact) mass is 481 g/mol. The zero-order valence-electron chi connectivity index (χ0n) is 19.0. The van der Waals surface area contributed by atoms with Gasteiger partial charge >= 0.3 is 0 Å². The van der Waals surface area contributed by atoms with Crippen LogP contribution in [-0.2, 0) is 9.59 Å². The summed E-state index contributed by atoms with van der Waals surface area (Å²) in [7, 11) is 0. The van der Waals surface area contributed by atoms with Gasteiger partial charge in [0.2, 0.25) is 5.91 Å². The molecule has 4 fully saturated rings. The zero-order chi connectivity index (χ0) is 23.6. The molecule has 5 rings (SSSR count). The molecule has 1 saturated heterocycles. The fourth-order valence-electron chi connectivity index (χ4n) is 5.53. The van der Waals surface area contributed by atoms with Crippen LogP contribution in [0.15, 0.2) is 18.2 Å². The van der Waals surface area contributed by atoms with Gasteiger partial charge in [0.05, 0.1) is 22.7 Å². The molecule has 0 spiro atoms. The van der Waals surface area contributed by atoms with E-state index in [1.165, 1.54) is 12.1 Å². The molecule has 1 aromatic carbocycles. The van der Waals surface area contributed by atoms with Crippen molar-refractivity contribution in [2.75, 3.05) is 13.2 Å². The Morgan fingerprint density at radius 2 is 2.00 bits per heavy atom.